The lowest BCUT2D eigenvalue weighted by molar-refractivity contribution is -0.385. The highest BCUT2D eigenvalue weighted by molar-refractivity contribution is 5.76. The molecule has 6 heteroatoms. The highest BCUT2D eigenvalue weighted by Gasteiger charge is 2.20. The van der Waals surface area contributed by atoms with Gasteiger partial charge in [0.2, 0.25) is 5.75 Å². The quantitative estimate of drug-likeness (QED) is 0.511. The molecule has 0 aliphatic rings. The second-order valence-corrected chi connectivity index (χ2v) is 3.76. The van der Waals surface area contributed by atoms with Gasteiger partial charge in [0.15, 0.2) is 12.0 Å². The zero-order chi connectivity index (χ0) is 13.3. The molecule has 92 valence electrons. The Hall–Kier alpha value is -2.63. The van der Waals surface area contributed by atoms with Crippen LogP contribution in [0.2, 0.25) is 0 Å². The number of hydrogen-bond donors (Lipinski definition) is 1. The van der Waals surface area contributed by atoms with Gasteiger partial charge in [0.05, 0.1) is 10.5 Å². The van der Waals surface area contributed by atoms with Gasteiger partial charge in [-0.3, -0.25) is 14.9 Å². The van der Waals surface area contributed by atoms with Crippen LogP contribution >= 0.6 is 0 Å². The standard InChI is InChI=1S/C12H9NO5/c1-7-4-9(11-3-2-8(6-14)18-11)12(15)10(5-7)13(16)17/h2-6,15H,1H3. The molecule has 0 atom stereocenters. The number of carbonyl (C=O) groups excluding carboxylic acids is 1. The van der Waals surface area contributed by atoms with E-state index in [1.54, 1.807) is 13.0 Å². The number of aryl methyl sites for hydroxylation is 1. The van der Waals surface area contributed by atoms with Crippen molar-refractivity contribution in [3.8, 4) is 17.1 Å². The van der Waals surface area contributed by atoms with E-state index in [2.05, 4.69) is 0 Å². The Morgan fingerprint density at radius 1 is 1.39 bits per heavy atom. The average molecular weight is 247 g/mol. The number of phenols is 1. The van der Waals surface area contributed by atoms with Gasteiger partial charge in [0, 0.05) is 6.07 Å². The van der Waals surface area contributed by atoms with Crippen LogP contribution in [0.25, 0.3) is 11.3 Å². The van der Waals surface area contributed by atoms with Crippen molar-refractivity contribution in [2.45, 2.75) is 6.92 Å². The number of benzene rings is 1. The summed E-state index contributed by atoms with van der Waals surface area (Å²) in [6, 6.07) is 5.72. The molecule has 18 heavy (non-hydrogen) atoms. The maximum absolute atomic E-state index is 10.8. The number of hydrogen-bond acceptors (Lipinski definition) is 5. The summed E-state index contributed by atoms with van der Waals surface area (Å²) in [5.41, 5.74) is 0.405. The number of aromatic hydroxyl groups is 1. The van der Waals surface area contributed by atoms with E-state index >= 15 is 0 Å². The molecule has 0 spiro atoms. The largest absolute Gasteiger partial charge is 0.502 e. The number of furan rings is 1. The smallest absolute Gasteiger partial charge is 0.311 e. The number of phenolic OH excluding ortho intramolecular Hbond substituents is 1. The number of nitro benzene ring substituents is 1. The molecule has 1 N–H and O–H groups in total. The first-order valence-corrected chi connectivity index (χ1v) is 5.06. The fraction of sp³-hybridized carbons (Fsp3) is 0.0833. The minimum Gasteiger partial charge on any atom is -0.502 e. The Morgan fingerprint density at radius 2 is 2.11 bits per heavy atom. The van der Waals surface area contributed by atoms with E-state index in [1.807, 2.05) is 0 Å². The Balaban J connectivity index is 2.63. The lowest BCUT2D eigenvalue weighted by atomic mass is 10.1. The molecule has 0 unspecified atom stereocenters. The van der Waals surface area contributed by atoms with Crippen LogP contribution in [0.15, 0.2) is 28.7 Å². The third-order valence-corrected chi connectivity index (χ3v) is 2.44. The molecule has 1 aromatic carbocycles. The van der Waals surface area contributed by atoms with Gasteiger partial charge < -0.3 is 9.52 Å². The maximum Gasteiger partial charge on any atom is 0.311 e. The number of nitrogens with zero attached hydrogens (tertiary/aromatic N) is 1. The summed E-state index contributed by atoms with van der Waals surface area (Å²) in [7, 11) is 0. The van der Waals surface area contributed by atoms with Crippen LogP contribution in [-0.2, 0) is 0 Å². The number of nitro groups is 1. The Kier molecular flexibility index (Phi) is 2.85. The van der Waals surface area contributed by atoms with Crippen molar-refractivity contribution in [1.82, 2.24) is 0 Å². The van der Waals surface area contributed by atoms with E-state index in [4.69, 9.17) is 4.42 Å². The van der Waals surface area contributed by atoms with E-state index in [0.717, 1.165) is 0 Å². The molecule has 2 rings (SSSR count). The summed E-state index contributed by atoms with van der Waals surface area (Å²) in [6.07, 6.45) is 0.519. The first kappa shape index (κ1) is 11.8. The highest BCUT2D eigenvalue weighted by Crippen LogP contribution is 2.38. The average Bonchev–Trinajstić information content (AvgIpc) is 2.79. The minimum absolute atomic E-state index is 0.0913. The van der Waals surface area contributed by atoms with Gasteiger partial charge >= 0.3 is 5.69 Å². The molecule has 6 nitrogen and oxygen atoms in total. The lowest BCUT2D eigenvalue weighted by Gasteiger charge is -2.04. The molecule has 0 aliphatic carbocycles. The van der Waals surface area contributed by atoms with Crippen molar-refractivity contribution in [3.63, 3.8) is 0 Å². The van der Waals surface area contributed by atoms with E-state index in [-0.39, 0.29) is 17.1 Å². The van der Waals surface area contributed by atoms with Gasteiger partial charge in [-0.2, -0.15) is 0 Å². The Morgan fingerprint density at radius 3 is 2.67 bits per heavy atom. The van der Waals surface area contributed by atoms with Crippen LogP contribution < -0.4 is 0 Å². The Labute approximate surface area is 102 Å². The van der Waals surface area contributed by atoms with E-state index < -0.39 is 16.4 Å². The summed E-state index contributed by atoms with van der Waals surface area (Å²) < 4.78 is 5.14. The summed E-state index contributed by atoms with van der Waals surface area (Å²) in [5, 5.41) is 20.6. The van der Waals surface area contributed by atoms with Gasteiger partial charge in [0.25, 0.3) is 0 Å². The SMILES string of the molecule is Cc1cc(-c2ccc(C=O)o2)c(O)c([N+](=O)[O-])c1. The first-order valence-electron chi connectivity index (χ1n) is 5.06. The van der Waals surface area contributed by atoms with Crippen LogP contribution in [-0.4, -0.2) is 16.3 Å². The molecule has 0 amide bonds. The Bertz CT molecular complexity index is 629. The van der Waals surface area contributed by atoms with Crippen molar-refractivity contribution in [1.29, 1.82) is 0 Å². The van der Waals surface area contributed by atoms with Crippen LogP contribution in [0, 0.1) is 17.0 Å². The topological polar surface area (TPSA) is 93.6 Å². The van der Waals surface area contributed by atoms with Crippen molar-refractivity contribution in [3.05, 3.63) is 45.7 Å². The predicted molar refractivity (Wildman–Crippen MR) is 62.6 cm³/mol. The highest BCUT2D eigenvalue weighted by atomic mass is 16.6. The summed E-state index contributed by atoms with van der Waals surface area (Å²) in [6.45, 7) is 1.67. The zero-order valence-electron chi connectivity index (χ0n) is 9.41. The molecule has 0 saturated carbocycles. The van der Waals surface area contributed by atoms with Crippen LogP contribution in [0.5, 0.6) is 5.75 Å². The molecule has 0 bridgehead atoms. The van der Waals surface area contributed by atoms with Crippen LogP contribution in [0.3, 0.4) is 0 Å². The van der Waals surface area contributed by atoms with Gasteiger partial charge in [-0.25, -0.2) is 0 Å². The first-order chi connectivity index (χ1) is 8.52. The molecule has 2 aromatic rings. The molecular formula is C12H9NO5. The molecular weight excluding hydrogens is 238 g/mol. The van der Waals surface area contributed by atoms with E-state index in [1.165, 1.54) is 18.2 Å². The molecule has 0 radical (unpaired) electrons. The van der Waals surface area contributed by atoms with Gasteiger partial charge in [-0.05, 0) is 30.7 Å². The van der Waals surface area contributed by atoms with Crippen molar-refractivity contribution >= 4 is 12.0 Å². The fourth-order valence-electron chi connectivity index (χ4n) is 1.65. The summed E-state index contributed by atoms with van der Waals surface area (Å²) in [5.74, 6) is -0.174. The number of aldehydes is 1. The van der Waals surface area contributed by atoms with Crippen molar-refractivity contribution < 1.29 is 19.2 Å². The number of carbonyl (C=O) groups is 1. The van der Waals surface area contributed by atoms with E-state index in [9.17, 15) is 20.0 Å². The third kappa shape index (κ3) is 1.95. The number of rotatable bonds is 3. The normalized spacial score (nSPS) is 10.3. The molecule has 1 heterocycles. The molecule has 0 saturated heterocycles. The second kappa shape index (κ2) is 4.33. The second-order valence-electron chi connectivity index (χ2n) is 3.76. The lowest BCUT2D eigenvalue weighted by Crippen LogP contribution is -1.91. The zero-order valence-corrected chi connectivity index (χ0v) is 9.41. The minimum atomic E-state index is -0.671. The third-order valence-electron chi connectivity index (χ3n) is 2.44. The van der Waals surface area contributed by atoms with Crippen molar-refractivity contribution in [2.24, 2.45) is 0 Å². The summed E-state index contributed by atoms with van der Waals surface area (Å²) >= 11 is 0. The maximum atomic E-state index is 10.8. The van der Waals surface area contributed by atoms with Gasteiger partial charge in [-0.15, -0.1) is 0 Å². The van der Waals surface area contributed by atoms with E-state index in [0.29, 0.717) is 11.8 Å². The summed E-state index contributed by atoms with van der Waals surface area (Å²) in [4.78, 5) is 20.6. The van der Waals surface area contributed by atoms with Crippen LogP contribution in [0.1, 0.15) is 16.1 Å². The predicted octanol–water partition coefficient (Wildman–Crippen LogP) is 2.68. The monoisotopic (exact) mass is 247 g/mol. The van der Waals surface area contributed by atoms with Gasteiger partial charge in [0.1, 0.15) is 5.76 Å². The molecule has 1 aromatic heterocycles. The molecule has 0 fully saturated rings. The van der Waals surface area contributed by atoms with Gasteiger partial charge in [-0.1, -0.05) is 0 Å². The van der Waals surface area contributed by atoms with Crippen LogP contribution in [0.4, 0.5) is 5.69 Å². The van der Waals surface area contributed by atoms with Crippen molar-refractivity contribution in [2.75, 3.05) is 0 Å². The molecule has 0 aliphatic heterocycles. The fourth-order valence-corrected chi connectivity index (χ4v) is 1.65.